The molecule has 1 aliphatic rings. The zero-order valence-electron chi connectivity index (χ0n) is 17.0. The quantitative estimate of drug-likeness (QED) is 0.602. The second-order valence-corrected chi connectivity index (χ2v) is 7.27. The second-order valence-electron chi connectivity index (χ2n) is 7.27. The van der Waals surface area contributed by atoms with Gasteiger partial charge in [0.05, 0.1) is 24.5 Å². The largest absolute Gasteiger partial charge is 0.459 e. The Morgan fingerprint density at radius 1 is 1.25 bits per heavy atom. The lowest BCUT2D eigenvalue weighted by molar-refractivity contribution is -0.137. The van der Waals surface area contributed by atoms with Gasteiger partial charge in [0.2, 0.25) is 11.8 Å². The van der Waals surface area contributed by atoms with Crippen LogP contribution in [0.3, 0.4) is 0 Å². The monoisotopic (exact) mass is 449 g/mol. The lowest BCUT2D eigenvalue weighted by Crippen LogP contribution is -2.48. The molecule has 0 aliphatic carbocycles. The molecular formula is C20H21F2N5O5. The molecular weight excluding hydrogens is 428 g/mol. The van der Waals surface area contributed by atoms with E-state index in [4.69, 9.17) is 10.2 Å². The van der Waals surface area contributed by atoms with Gasteiger partial charge in [-0.25, -0.2) is 13.6 Å². The van der Waals surface area contributed by atoms with Crippen molar-refractivity contribution in [1.29, 1.82) is 0 Å². The number of halogens is 2. The van der Waals surface area contributed by atoms with Gasteiger partial charge in [0.1, 0.15) is 17.7 Å². The maximum atomic E-state index is 13.8. The Morgan fingerprint density at radius 2 is 2.00 bits per heavy atom. The highest BCUT2D eigenvalue weighted by Gasteiger charge is 2.42. The fourth-order valence-corrected chi connectivity index (χ4v) is 3.44. The van der Waals surface area contributed by atoms with Crippen LogP contribution in [0.5, 0.6) is 0 Å². The molecule has 2 heterocycles. The Labute approximate surface area is 181 Å². The van der Waals surface area contributed by atoms with Crippen molar-refractivity contribution in [2.24, 2.45) is 5.73 Å². The van der Waals surface area contributed by atoms with E-state index in [-0.39, 0.29) is 31.0 Å². The summed E-state index contributed by atoms with van der Waals surface area (Å²) >= 11 is 0. The third-order valence-corrected chi connectivity index (χ3v) is 4.86. The Balaban J connectivity index is 1.73. The number of urea groups is 1. The van der Waals surface area contributed by atoms with Crippen LogP contribution in [0.25, 0.3) is 0 Å². The van der Waals surface area contributed by atoms with Crippen LogP contribution in [-0.4, -0.2) is 65.8 Å². The normalized spacial score (nSPS) is 17.7. The smallest absolute Gasteiger partial charge is 0.319 e. The molecule has 2 atom stereocenters. The third-order valence-electron chi connectivity index (χ3n) is 4.86. The zero-order valence-corrected chi connectivity index (χ0v) is 17.0. The molecule has 3 rings (SSSR count). The number of carbonyl (C=O) groups excluding carboxylic acids is 4. The van der Waals surface area contributed by atoms with Crippen molar-refractivity contribution in [3.63, 3.8) is 0 Å². The van der Waals surface area contributed by atoms with Gasteiger partial charge in [-0.3, -0.25) is 14.4 Å². The van der Waals surface area contributed by atoms with Crippen molar-refractivity contribution < 1.29 is 32.4 Å². The Bertz CT molecular complexity index is 1030. The van der Waals surface area contributed by atoms with Crippen molar-refractivity contribution in [2.75, 3.05) is 25.5 Å². The van der Waals surface area contributed by atoms with E-state index >= 15 is 0 Å². The van der Waals surface area contributed by atoms with Crippen LogP contribution in [0, 0.1) is 11.6 Å². The van der Waals surface area contributed by atoms with E-state index in [1.165, 1.54) is 30.3 Å². The van der Waals surface area contributed by atoms with Gasteiger partial charge < -0.3 is 30.6 Å². The first kappa shape index (κ1) is 22.7. The topological polar surface area (TPSA) is 138 Å². The van der Waals surface area contributed by atoms with Gasteiger partial charge in [-0.2, -0.15) is 0 Å². The van der Waals surface area contributed by atoms with Crippen LogP contribution >= 0.6 is 0 Å². The Hall–Kier alpha value is -3.96. The van der Waals surface area contributed by atoms with Crippen molar-refractivity contribution in [3.8, 4) is 0 Å². The van der Waals surface area contributed by atoms with E-state index in [0.717, 1.165) is 17.0 Å². The van der Waals surface area contributed by atoms with Crippen molar-refractivity contribution >= 4 is 29.4 Å². The van der Waals surface area contributed by atoms with Crippen molar-refractivity contribution in [3.05, 3.63) is 54.0 Å². The van der Waals surface area contributed by atoms with Gasteiger partial charge in [0.15, 0.2) is 5.76 Å². The SMILES string of the molecule is CN(CC(N)=O)C(=O)C1CC(NC(=O)Nc2ccc(F)cc2F)CN1C(=O)c1ccco1. The summed E-state index contributed by atoms with van der Waals surface area (Å²) < 4.78 is 31.9. The standard InChI is InChI=1S/C20H21F2N5O5/c1-26(10-17(23)28)18(29)15-8-12(9-27(15)19(30)16-3-2-6-32-16)24-20(31)25-14-5-4-11(21)7-13(14)22/h2-7,12,15H,8-10H2,1H3,(H2,23,28)(H2,24,25,31). The molecule has 4 N–H and O–H groups in total. The van der Waals surface area contributed by atoms with Gasteiger partial charge in [0, 0.05) is 19.7 Å². The molecule has 0 radical (unpaired) electrons. The average molecular weight is 449 g/mol. The molecule has 1 aromatic carbocycles. The number of likely N-dealkylation sites (tertiary alicyclic amines) is 1. The molecule has 2 unspecified atom stereocenters. The van der Waals surface area contributed by atoms with E-state index in [1.54, 1.807) is 0 Å². The maximum absolute atomic E-state index is 13.8. The Kier molecular flexibility index (Phi) is 6.71. The second kappa shape index (κ2) is 9.45. The summed E-state index contributed by atoms with van der Waals surface area (Å²) in [6.45, 7) is -0.389. The molecule has 1 aromatic heterocycles. The molecule has 1 saturated heterocycles. The number of nitrogens with zero attached hydrogens (tertiary/aromatic N) is 2. The van der Waals surface area contributed by atoms with E-state index in [9.17, 15) is 28.0 Å². The highest BCUT2D eigenvalue weighted by Crippen LogP contribution is 2.23. The number of likely N-dealkylation sites (N-methyl/N-ethyl adjacent to an activating group) is 1. The molecule has 1 aliphatic heterocycles. The molecule has 1 fully saturated rings. The molecule has 0 bridgehead atoms. The van der Waals surface area contributed by atoms with Crippen LogP contribution in [0.1, 0.15) is 17.0 Å². The lowest BCUT2D eigenvalue weighted by Gasteiger charge is -2.26. The predicted molar refractivity (Wildman–Crippen MR) is 107 cm³/mol. The summed E-state index contributed by atoms with van der Waals surface area (Å²) in [5, 5.41) is 4.83. The number of hydrogen-bond acceptors (Lipinski definition) is 5. The Morgan fingerprint density at radius 3 is 2.62 bits per heavy atom. The molecule has 32 heavy (non-hydrogen) atoms. The summed E-state index contributed by atoms with van der Waals surface area (Å²) in [5.41, 5.74) is 4.90. The molecule has 0 saturated carbocycles. The van der Waals surface area contributed by atoms with Gasteiger partial charge in [-0.15, -0.1) is 0 Å². The van der Waals surface area contributed by atoms with Crippen LogP contribution in [0.2, 0.25) is 0 Å². The first-order chi connectivity index (χ1) is 15.2. The van der Waals surface area contributed by atoms with E-state index < -0.39 is 47.5 Å². The van der Waals surface area contributed by atoms with Gasteiger partial charge in [-0.1, -0.05) is 0 Å². The molecule has 5 amide bonds. The molecule has 10 nitrogen and oxygen atoms in total. The number of carbonyl (C=O) groups is 4. The zero-order chi connectivity index (χ0) is 23.4. The summed E-state index contributed by atoms with van der Waals surface area (Å²) in [4.78, 5) is 51.5. The summed E-state index contributed by atoms with van der Waals surface area (Å²) in [5.74, 6) is -3.59. The van der Waals surface area contributed by atoms with E-state index in [0.29, 0.717) is 6.07 Å². The van der Waals surface area contributed by atoms with Crippen LogP contribution < -0.4 is 16.4 Å². The number of furan rings is 1. The minimum atomic E-state index is -0.996. The predicted octanol–water partition coefficient (Wildman–Crippen LogP) is 0.906. The van der Waals surface area contributed by atoms with Crippen molar-refractivity contribution in [1.82, 2.24) is 15.1 Å². The number of primary amides is 1. The van der Waals surface area contributed by atoms with Crippen LogP contribution in [-0.2, 0) is 9.59 Å². The molecule has 12 heteroatoms. The third kappa shape index (κ3) is 5.20. The first-order valence-electron chi connectivity index (χ1n) is 9.56. The summed E-state index contributed by atoms with van der Waals surface area (Å²) in [6, 6.07) is 3.15. The van der Waals surface area contributed by atoms with E-state index in [2.05, 4.69) is 10.6 Å². The van der Waals surface area contributed by atoms with Gasteiger partial charge in [0.25, 0.3) is 5.91 Å². The fraction of sp³-hybridized carbons (Fsp3) is 0.300. The summed E-state index contributed by atoms with van der Waals surface area (Å²) in [7, 11) is 1.37. The minimum Gasteiger partial charge on any atom is -0.459 e. The number of hydrogen-bond donors (Lipinski definition) is 3. The first-order valence-corrected chi connectivity index (χ1v) is 9.56. The molecule has 170 valence electrons. The number of nitrogens with one attached hydrogen (secondary N) is 2. The lowest BCUT2D eigenvalue weighted by atomic mass is 10.1. The van der Waals surface area contributed by atoms with E-state index in [1.807, 2.05) is 0 Å². The summed E-state index contributed by atoms with van der Waals surface area (Å²) in [6.07, 6.45) is 1.34. The highest BCUT2D eigenvalue weighted by atomic mass is 19.1. The van der Waals surface area contributed by atoms with Gasteiger partial charge in [-0.05, 0) is 30.7 Å². The molecule has 2 aromatic rings. The van der Waals surface area contributed by atoms with Gasteiger partial charge >= 0.3 is 6.03 Å². The number of rotatable bonds is 6. The maximum Gasteiger partial charge on any atom is 0.319 e. The minimum absolute atomic E-state index is 0.00107. The highest BCUT2D eigenvalue weighted by molar-refractivity contribution is 5.97. The molecule has 0 spiro atoms. The number of amides is 5. The number of benzene rings is 1. The fourth-order valence-electron chi connectivity index (χ4n) is 3.44. The van der Waals surface area contributed by atoms with Crippen molar-refractivity contribution in [2.45, 2.75) is 18.5 Å². The van der Waals surface area contributed by atoms with Crippen LogP contribution in [0.15, 0.2) is 41.0 Å². The average Bonchev–Trinajstić information content (AvgIpc) is 3.39. The number of nitrogens with two attached hydrogens (primary N) is 1. The number of anilines is 1. The van der Waals surface area contributed by atoms with Crippen LogP contribution in [0.4, 0.5) is 19.3 Å².